The third-order valence-corrected chi connectivity index (χ3v) is 13.5. The van der Waals surface area contributed by atoms with Gasteiger partial charge < -0.3 is 18.6 Å². The topological polar surface area (TPSA) is 141 Å². The van der Waals surface area contributed by atoms with E-state index in [1.165, 1.54) is 70.6 Å². The number of hydrogen-bond acceptors (Lipinski definition) is 6. The quantitative estimate of drug-likeness (QED) is 0.0200. The predicted octanol–water partition coefficient (Wildman–Crippen LogP) is 14.4. The van der Waals surface area contributed by atoms with Gasteiger partial charge in [0.25, 0.3) is 0 Å². The van der Waals surface area contributed by atoms with Crippen molar-refractivity contribution in [1.82, 2.24) is 0 Å². The third-order valence-electron chi connectivity index (χ3n) is 8.24. The van der Waals surface area contributed by atoms with Crippen LogP contribution in [0.5, 0.6) is 0 Å². The molecule has 0 unspecified atom stereocenters. The van der Waals surface area contributed by atoms with E-state index in [0.29, 0.717) is 6.61 Å². The summed E-state index contributed by atoms with van der Waals surface area (Å²) in [6, 6.07) is -0.293. The molecule has 1 aliphatic rings. The van der Waals surface area contributed by atoms with Crippen molar-refractivity contribution in [2.75, 3.05) is 6.61 Å². The Balaban J connectivity index is -0.0000000268. The summed E-state index contributed by atoms with van der Waals surface area (Å²) in [5.41, 5.74) is 9.00. The first-order valence-corrected chi connectivity index (χ1v) is 22.7. The Morgan fingerprint density at radius 3 is 1.33 bits per heavy atom. The fraction of sp³-hybridized carbons (Fsp3) is 0.462. The summed E-state index contributed by atoms with van der Waals surface area (Å²) in [4.78, 5) is 3.04. The van der Waals surface area contributed by atoms with E-state index in [-0.39, 0.29) is 61.5 Å². The summed E-state index contributed by atoms with van der Waals surface area (Å²) in [5, 5.41) is 15.7. The maximum atomic E-state index is 9.53. The summed E-state index contributed by atoms with van der Waals surface area (Å²) in [5.74, 6) is 62.5. The molecule has 1 saturated heterocycles. The van der Waals surface area contributed by atoms with E-state index in [1.54, 1.807) is 0 Å². The molecular formula is C52H103N6O4Si2. The van der Waals surface area contributed by atoms with Crippen LogP contribution in [0.3, 0.4) is 0 Å². The highest BCUT2D eigenvalue weighted by atomic mass is 28.4. The molecule has 0 aliphatic carbocycles. The van der Waals surface area contributed by atoms with Gasteiger partial charge in [-0.15, -0.1) is 12.8 Å². The first-order chi connectivity index (χ1) is 30.8. The van der Waals surface area contributed by atoms with E-state index in [0.717, 1.165) is 6.42 Å². The molecule has 0 aromatic heterocycles. The zero-order chi connectivity index (χ0) is 48.1. The SMILES string of the molecule is C#CC#CC#CC#CC#CC#CC#CC#CC#CC#CC#CC#CC#C.CCCCCCCCCCCCC/C=C/[C@H]1O[Si](C(C)(C)C)(C(C)(C)C)OC[C@@H]1N=[N+]=[N-].NN=[N+]([O-])O[Si].[HH].[HH].[HH].[HH].[HH].[HH].[HH].[HH].[HH].[HH].[HH].[HH].[HH].[HH].[HH].[HH].[HH].[HH].[HH].[HH].[HH].[HH].[HH].[HH]. The summed E-state index contributed by atoms with van der Waals surface area (Å²) in [7, 11) is -0.202. The minimum Gasteiger partial charge on any atom is -0.497 e. The molecule has 0 bridgehead atoms. The second-order valence-electron chi connectivity index (χ2n) is 15.0. The lowest BCUT2D eigenvalue weighted by atomic mass is 10.0. The molecule has 1 aliphatic heterocycles. The first kappa shape index (κ1) is 58.8. The second-order valence-corrected chi connectivity index (χ2v) is 20.0. The van der Waals surface area contributed by atoms with Gasteiger partial charge in [0.05, 0.1) is 17.2 Å². The molecular weight excluding hydrogens is 829 g/mol. The van der Waals surface area contributed by atoms with E-state index in [2.05, 4.69) is 239 Å². The van der Waals surface area contributed by atoms with Gasteiger partial charge >= 0.3 is 8.56 Å². The van der Waals surface area contributed by atoms with Gasteiger partial charge in [-0.05, 0) is 113 Å². The molecule has 3 radical (unpaired) electrons. The molecule has 0 spiro atoms. The van der Waals surface area contributed by atoms with E-state index in [1.807, 2.05) is 0 Å². The van der Waals surface area contributed by atoms with Gasteiger partial charge in [-0.3, -0.25) is 0 Å². The van der Waals surface area contributed by atoms with Crippen LogP contribution in [0.15, 0.2) is 22.5 Å². The zero-order valence-corrected chi connectivity index (χ0v) is 40.1. The van der Waals surface area contributed by atoms with Crippen LogP contribution in [0, 0.1) is 160 Å². The highest BCUT2D eigenvalue weighted by Crippen LogP contribution is 2.54. The Morgan fingerprint density at radius 1 is 0.703 bits per heavy atom. The number of nitrogens with two attached hydrogens (primary N) is 1. The van der Waals surface area contributed by atoms with Crippen LogP contribution in [0.25, 0.3) is 10.4 Å². The molecule has 373 valence electrons. The number of unbranched alkanes of at least 4 members (excludes halogenated alkanes) is 11. The predicted molar refractivity (Wildman–Crippen MR) is 310 cm³/mol. The first-order valence-electron chi connectivity index (χ1n) is 20.5. The van der Waals surface area contributed by atoms with Gasteiger partial charge in [-0.25, -0.2) is 0 Å². The van der Waals surface area contributed by atoms with Crippen molar-refractivity contribution >= 4 is 19.0 Å². The molecule has 0 aromatic carbocycles. The largest absolute Gasteiger partial charge is 0.497 e. The number of allylic oxidation sites excluding steroid dienone is 1. The van der Waals surface area contributed by atoms with Gasteiger partial charge in [0.2, 0.25) is 0 Å². The van der Waals surface area contributed by atoms with E-state index >= 15 is 0 Å². The van der Waals surface area contributed by atoms with E-state index in [9.17, 15) is 5.21 Å². The van der Waals surface area contributed by atoms with E-state index < -0.39 is 8.56 Å². The van der Waals surface area contributed by atoms with Crippen molar-refractivity contribution in [3.05, 3.63) is 27.8 Å². The normalized spacial score (nSPS) is 13.4. The number of azide groups is 1. The van der Waals surface area contributed by atoms with Crippen LogP contribution >= 0.6 is 0 Å². The lowest BCUT2D eigenvalue weighted by molar-refractivity contribution is -0.751. The van der Waals surface area contributed by atoms with Crippen molar-refractivity contribution in [3.8, 4) is 155 Å². The molecule has 12 heteroatoms. The zero-order valence-electron chi connectivity index (χ0n) is 38.1. The maximum Gasteiger partial charge on any atom is 0.349 e. The molecule has 2 atom stereocenters. The summed E-state index contributed by atoms with van der Waals surface area (Å²) in [6.45, 7) is 16.0. The highest BCUT2D eigenvalue weighted by molar-refractivity contribution is 6.73. The van der Waals surface area contributed by atoms with Gasteiger partial charge in [0, 0.05) is 103 Å². The molecule has 1 heterocycles. The molecule has 64 heavy (non-hydrogen) atoms. The molecule has 10 nitrogen and oxygen atoms in total. The minimum atomic E-state index is -2.56. The van der Waals surface area contributed by atoms with Crippen LogP contribution in [-0.2, 0) is 13.4 Å². The van der Waals surface area contributed by atoms with Crippen LogP contribution in [-0.4, -0.2) is 42.8 Å². The second kappa shape index (κ2) is 39.8. The molecule has 2 N–H and O–H groups in total. The Hall–Kier alpha value is -7.32. The lowest BCUT2D eigenvalue weighted by Gasteiger charge is -2.53. The summed E-state index contributed by atoms with van der Waals surface area (Å²) in [6.07, 6.45) is 30.0. The molecule has 0 saturated carbocycles. The summed E-state index contributed by atoms with van der Waals surface area (Å²) >= 11 is 0. The Kier molecular flexibility index (Phi) is 36.5. The number of nitrogens with zero attached hydrogens (tertiary/aromatic N) is 5. The van der Waals surface area contributed by atoms with Crippen LogP contribution < -0.4 is 5.84 Å². The van der Waals surface area contributed by atoms with Crippen LogP contribution in [0.4, 0.5) is 0 Å². The highest BCUT2D eigenvalue weighted by Gasteiger charge is 2.61. The average molecular weight is 933 g/mol. The van der Waals surface area contributed by atoms with Gasteiger partial charge in [-0.1, -0.05) is 130 Å². The van der Waals surface area contributed by atoms with Gasteiger partial charge in [0.1, 0.15) is 5.22 Å². The van der Waals surface area contributed by atoms with E-state index in [4.69, 9.17) is 27.2 Å². The van der Waals surface area contributed by atoms with Crippen molar-refractivity contribution in [1.29, 1.82) is 0 Å². The number of rotatable bonds is 15. The lowest BCUT2D eigenvalue weighted by Crippen LogP contribution is -2.64. The fourth-order valence-electron chi connectivity index (χ4n) is 5.72. The van der Waals surface area contributed by atoms with Crippen LogP contribution in [0.2, 0.25) is 10.1 Å². The minimum absolute atomic E-state index is 0. The van der Waals surface area contributed by atoms with Gasteiger partial charge in [-0.2, -0.15) is 5.84 Å². The number of hydrogen-bond donors (Lipinski definition) is 1. The average Bonchev–Trinajstić information content (AvgIpc) is 3.27. The van der Waals surface area contributed by atoms with Crippen LogP contribution in [0.1, 0.15) is 160 Å². The Bertz CT molecular complexity index is 2350. The van der Waals surface area contributed by atoms with Gasteiger partial charge in [0.15, 0.2) is 10.5 Å². The Morgan fingerprint density at radius 2 is 1.05 bits per heavy atom. The fourth-order valence-corrected chi connectivity index (χ4v) is 10.7. The molecule has 1 rings (SSSR count). The Labute approximate surface area is 424 Å². The van der Waals surface area contributed by atoms with Crippen molar-refractivity contribution in [2.24, 2.45) is 16.2 Å². The maximum absolute atomic E-state index is 9.53. The van der Waals surface area contributed by atoms with Crippen molar-refractivity contribution in [3.63, 3.8) is 0 Å². The van der Waals surface area contributed by atoms with Crippen molar-refractivity contribution in [2.45, 2.75) is 148 Å². The summed E-state index contributed by atoms with van der Waals surface area (Å²) < 4.78 is 16.9. The monoisotopic (exact) mass is 932 g/mol. The molecule has 0 amide bonds. The third kappa shape index (κ3) is 31.5. The molecule has 0 aromatic rings. The molecule has 1 fully saturated rings. The number of terminal acetylenes is 2. The standard InChI is InChI=1S/C26H51N3O2Si.C26H2.H2N3O2Si.24H2/c1-8-9-10-11-12-13-14-15-16-17-18-19-20-21-24-23(28-29-27)22-30-32(31-24,25(2,3)4)26(5,6)7;1-3-5-7-9-11-13-15-17-19-21-23-25-26-24-22-20-18-16-14-12-10-8-6-4-2;1-2-3(4)5-6;;;;;;;;;;;;;;;;;;;;;;;;/h20-21,23-24H,8-19,22H2,1-7H3;1-2H;1H2;24*1H/b21-20+;;;;;;;;;;;;;;;;;;;;;;;;;;/t23-,24+;;;;;;;;;;;;;;;;;;;;;;;;;;/m0........................../s1. The van der Waals surface area contributed by atoms with Crippen molar-refractivity contribution < 1.29 is 52.6 Å². The smallest absolute Gasteiger partial charge is 0.349 e.